The van der Waals surface area contributed by atoms with Crippen molar-refractivity contribution in [1.82, 2.24) is 14.7 Å². The topological polar surface area (TPSA) is 122 Å². The summed E-state index contributed by atoms with van der Waals surface area (Å²) in [5.74, 6) is 0.747. The lowest BCUT2D eigenvalue weighted by molar-refractivity contribution is 0.0980. The van der Waals surface area contributed by atoms with Gasteiger partial charge in [0.1, 0.15) is 16.5 Å². The molecule has 10 nitrogen and oxygen atoms in total. The molecule has 1 aromatic carbocycles. The average Bonchev–Trinajstić information content (AvgIpc) is 3.02. The summed E-state index contributed by atoms with van der Waals surface area (Å²) in [6, 6.07) is 9.72. The molecular formula is C23H21N5O5S. The lowest BCUT2D eigenvalue weighted by atomic mass is 10.1. The molecule has 11 heteroatoms. The van der Waals surface area contributed by atoms with Gasteiger partial charge in [0.05, 0.1) is 23.4 Å². The van der Waals surface area contributed by atoms with Crippen LogP contribution >= 0.6 is 0 Å². The van der Waals surface area contributed by atoms with Crippen molar-refractivity contribution >= 4 is 39.2 Å². The van der Waals surface area contributed by atoms with E-state index in [1.54, 1.807) is 30.4 Å². The molecule has 1 N–H and O–H groups in total. The quantitative estimate of drug-likeness (QED) is 0.592. The monoisotopic (exact) mass is 479 g/mol. The molecule has 0 saturated carbocycles. The number of hydrogen-bond acceptors (Lipinski definition) is 8. The van der Waals surface area contributed by atoms with Crippen molar-refractivity contribution in [2.45, 2.75) is 18.2 Å². The third-order valence-electron chi connectivity index (χ3n) is 5.79. The number of rotatable bonds is 5. The van der Waals surface area contributed by atoms with Crippen molar-refractivity contribution in [3.8, 4) is 5.75 Å². The predicted octanol–water partition coefficient (Wildman–Crippen LogP) is 2.28. The first-order valence-electron chi connectivity index (χ1n) is 10.6. The van der Waals surface area contributed by atoms with Crippen LogP contribution in [-0.4, -0.2) is 50.4 Å². The van der Waals surface area contributed by atoms with Gasteiger partial charge in [-0.2, -0.15) is 0 Å². The van der Waals surface area contributed by atoms with Gasteiger partial charge in [-0.1, -0.05) is 0 Å². The highest BCUT2D eigenvalue weighted by Crippen LogP contribution is 2.37. The Hall–Kier alpha value is -3.99. The van der Waals surface area contributed by atoms with Crippen LogP contribution < -0.4 is 19.3 Å². The zero-order chi connectivity index (χ0) is 24.0. The van der Waals surface area contributed by atoms with E-state index in [4.69, 9.17) is 4.74 Å². The van der Waals surface area contributed by atoms with Crippen LogP contribution in [-0.2, 0) is 16.4 Å². The standard InChI is InChI=1S/C23H21N5O5S/c1-3-28-20-17(23(30)27(2)18-5-4-9-24-21(18)28)11-14(13-25-20)8-10-33-15-6-7-19-16(12-15)22(29)26-34(19,31)32/h4-7,9,11-13H,3,8,10H2,1-2H3,(H,26,29). The number of carbonyl (C=O) groups excluding carboxylic acids is 2. The van der Waals surface area contributed by atoms with E-state index >= 15 is 0 Å². The summed E-state index contributed by atoms with van der Waals surface area (Å²) in [6.07, 6.45) is 3.85. The normalized spacial score (nSPS) is 15.8. The lowest BCUT2D eigenvalue weighted by Crippen LogP contribution is -2.25. The summed E-state index contributed by atoms with van der Waals surface area (Å²) >= 11 is 0. The van der Waals surface area contributed by atoms with Gasteiger partial charge >= 0.3 is 0 Å². The number of anilines is 3. The van der Waals surface area contributed by atoms with Gasteiger partial charge in [-0.25, -0.2) is 23.1 Å². The first-order chi connectivity index (χ1) is 16.3. The van der Waals surface area contributed by atoms with Crippen molar-refractivity contribution in [2.24, 2.45) is 0 Å². The maximum Gasteiger partial charge on any atom is 0.266 e. The number of nitrogens with zero attached hydrogens (tertiary/aromatic N) is 4. The number of benzene rings is 1. The molecule has 0 saturated heterocycles. The molecule has 0 unspecified atom stereocenters. The minimum atomic E-state index is -3.79. The molecule has 2 aromatic heterocycles. The van der Waals surface area contributed by atoms with Crippen LogP contribution in [0.3, 0.4) is 0 Å². The highest BCUT2D eigenvalue weighted by Gasteiger charge is 2.33. The maximum atomic E-state index is 13.2. The van der Waals surface area contributed by atoms with Crippen LogP contribution in [0.25, 0.3) is 0 Å². The Kier molecular flexibility index (Phi) is 5.20. The molecule has 0 atom stereocenters. The SMILES string of the molecule is CCN1c2ncc(CCOc3ccc4c(c3)C(=O)NS4(=O)=O)cc2C(=O)N(C)c2cccnc21. The number of nitrogens with one attached hydrogen (secondary N) is 1. The van der Waals surface area contributed by atoms with Gasteiger partial charge < -0.3 is 14.5 Å². The van der Waals surface area contributed by atoms with E-state index in [9.17, 15) is 18.0 Å². The zero-order valence-electron chi connectivity index (χ0n) is 18.5. The van der Waals surface area contributed by atoms with Crippen LogP contribution in [0.5, 0.6) is 5.75 Å². The van der Waals surface area contributed by atoms with E-state index in [1.165, 1.54) is 18.2 Å². The number of sulfonamides is 1. The minimum Gasteiger partial charge on any atom is -0.493 e. The van der Waals surface area contributed by atoms with Crippen LogP contribution in [0, 0.1) is 0 Å². The highest BCUT2D eigenvalue weighted by molar-refractivity contribution is 7.90. The number of hydrogen-bond donors (Lipinski definition) is 1. The molecule has 0 aliphatic carbocycles. The van der Waals surface area contributed by atoms with Crippen molar-refractivity contribution in [2.75, 3.05) is 30.0 Å². The van der Waals surface area contributed by atoms with E-state index in [-0.39, 0.29) is 23.0 Å². The summed E-state index contributed by atoms with van der Waals surface area (Å²) in [5.41, 5.74) is 2.04. The summed E-state index contributed by atoms with van der Waals surface area (Å²) in [5, 5.41) is 0. The Morgan fingerprint density at radius 3 is 2.68 bits per heavy atom. The molecule has 4 heterocycles. The molecule has 34 heavy (non-hydrogen) atoms. The van der Waals surface area contributed by atoms with Gasteiger partial charge in [0, 0.05) is 32.4 Å². The average molecular weight is 480 g/mol. The second-order valence-electron chi connectivity index (χ2n) is 7.86. The van der Waals surface area contributed by atoms with Crippen LogP contribution in [0.4, 0.5) is 17.3 Å². The number of fused-ring (bicyclic) bond motifs is 3. The molecule has 0 bridgehead atoms. The molecule has 0 spiro atoms. The summed E-state index contributed by atoms with van der Waals surface area (Å²) in [7, 11) is -2.08. The number of aromatic nitrogens is 2. The molecule has 2 aliphatic rings. The van der Waals surface area contributed by atoms with Crippen LogP contribution in [0.2, 0.25) is 0 Å². The summed E-state index contributed by atoms with van der Waals surface area (Å²) < 4.78 is 31.4. The van der Waals surface area contributed by atoms with Crippen LogP contribution in [0.1, 0.15) is 33.2 Å². The zero-order valence-corrected chi connectivity index (χ0v) is 19.3. The van der Waals surface area contributed by atoms with Gasteiger partial charge in [-0.15, -0.1) is 0 Å². The molecule has 2 aliphatic heterocycles. The Balaban J connectivity index is 1.36. The number of carbonyl (C=O) groups is 2. The van der Waals surface area contributed by atoms with Crippen molar-refractivity contribution in [3.63, 3.8) is 0 Å². The molecule has 0 radical (unpaired) electrons. The molecule has 174 valence electrons. The van der Waals surface area contributed by atoms with Gasteiger partial charge in [0.2, 0.25) is 0 Å². The Bertz CT molecular complexity index is 1440. The van der Waals surface area contributed by atoms with E-state index in [0.717, 1.165) is 5.56 Å². The van der Waals surface area contributed by atoms with Gasteiger partial charge in [0.25, 0.3) is 21.8 Å². The summed E-state index contributed by atoms with van der Waals surface area (Å²) in [4.78, 5) is 37.6. The first kappa shape index (κ1) is 21.8. The van der Waals surface area contributed by atoms with E-state index in [0.29, 0.717) is 41.6 Å². The first-order valence-corrected chi connectivity index (χ1v) is 12.1. The maximum absolute atomic E-state index is 13.2. The van der Waals surface area contributed by atoms with E-state index < -0.39 is 15.9 Å². The highest BCUT2D eigenvalue weighted by atomic mass is 32.2. The van der Waals surface area contributed by atoms with Crippen molar-refractivity contribution in [1.29, 1.82) is 0 Å². The number of pyridine rings is 2. The third kappa shape index (κ3) is 3.54. The molecule has 2 amide bonds. The molecule has 0 fully saturated rings. The fourth-order valence-electron chi connectivity index (χ4n) is 4.09. The van der Waals surface area contributed by atoms with Crippen molar-refractivity contribution < 1.29 is 22.7 Å². The Labute approximate surface area is 196 Å². The predicted molar refractivity (Wildman–Crippen MR) is 124 cm³/mol. The third-order valence-corrected chi connectivity index (χ3v) is 7.17. The minimum absolute atomic E-state index is 0.0570. The lowest BCUT2D eigenvalue weighted by Gasteiger charge is -2.22. The Morgan fingerprint density at radius 2 is 1.88 bits per heavy atom. The fraction of sp³-hybridized carbons (Fsp3) is 0.217. The van der Waals surface area contributed by atoms with Gasteiger partial charge in [-0.3, -0.25) is 9.59 Å². The Morgan fingerprint density at radius 1 is 1.06 bits per heavy atom. The van der Waals surface area contributed by atoms with Crippen molar-refractivity contribution in [3.05, 3.63) is 65.5 Å². The molecule has 5 rings (SSSR count). The van der Waals surface area contributed by atoms with Crippen LogP contribution in [0.15, 0.2) is 53.7 Å². The number of ether oxygens (including phenoxy) is 1. The second kappa shape index (κ2) is 8.10. The molecule has 3 aromatic rings. The van der Waals surface area contributed by atoms with Gasteiger partial charge in [0.15, 0.2) is 5.82 Å². The summed E-state index contributed by atoms with van der Waals surface area (Å²) in [6.45, 7) is 2.82. The molecular weight excluding hydrogens is 458 g/mol. The second-order valence-corrected chi connectivity index (χ2v) is 9.51. The van der Waals surface area contributed by atoms with E-state index in [2.05, 4.69) is 9.97 Å². The van der Waals surface area contributed by atoms with E-state index in [1.807, 2.05) is 28.7 Å². The fourth-order valence-corrected chi connectivity index (χ4v) is 5.24. The van der Waals surface area contributed by atoms with Gasteiger partial charge in [-0.05, 0) is 48.9 Å². The number of amides is 2. The largest absolute Gasteiger partial charge is 0.493 e. The smallest absolute Gasteiger partial charge is 0.266 e.